The van der Waals surface area contributed by atoms with Gasteiger partial charge in [-0.15, -0.1) is 0 Å². The Morgan fingerprint density at radius 1 is 0.971 bits per heavy atom. The van der Waals surface area contributed by atoms with Gasteiger partial charge in [0, 0.05) is 29.9 Å². The van der Waals surface area contributed by atoms with Crippen LogP contribution in [0.25, 0.3) is 10.9 Å². The van der Waals surface area contributed by atoms with E-state index in [1.165, 1.54) is 0 Å². The molecule has 2 aliphatic rings. The van der Waals surface area contributed by atoms with E-state index in [-0.39, 0.29) is 24.3 Å². The summed E-state index contributed by atoms with van der Waals surface area (Å²) in [4.78, 5) is 34.7. The number of para-hydroxylation sites is 1. The lowest BCUT2D eigenvalue weighted by Gasteiger charge is -2.51. The Morgan fingerprint density at radius 2 is 1.69 bits per heavy atom. The predicted molar refractivity (Wildman–Crippen MR) is 134 cm³/mol. The third-order valence-corrected chi connectivity index (χ3v) is 7.55. The van der Waals surface area contributed by atoms with Crippen LogP contribution >= 0.6 is 0 Å². The molecule has 0 spiro atoms. The van der Waals surface area contributed by atoms with Crippen molar-refractivity contribution in [2.24, 2.45) is 0 Å². The number of carbonyl (C=O) groups is 2. The van der Waals surface area contributed by atoms with Gasteiger partial charge in [-0.2, -0.15) is 0 Å². The number of aromatic nitrogens is 1. The number of nitrogens with one attached hydrogen (secondary N) is 1. The highest BCUT2D eigenvalue weighted by atomic mass is 16.5. The van der Waals surface area contributed by atoms with Crippen LogP contribution in [-0.4, -0.2) is 46.8 Å². The largest absolute Gasteiger partial charge is 0.497 e. The summed E-state index contributed by atoms with van der Waals surface area (Å²) in [5.74, 6) is 0.639. The molecule has 0 bridgehead atoms. The molecule has 1 aromatic heterocycles. The van der Waals surface area contributed by atoms with E-state index in [0.717, 1.165) is 39.0 Å². The molecule has 0 aliphatic carbocycles. The molecule has 1 fully saturated rings. The average molecular weight is 466 g/mol. The first-order valence-electron chi connectivity index (χ1n) is 11.9. The lowest BCUT2D eigenvalue weighted by atomic mass is 9.76. The summed E-state index contributed by atoms with van der Waals surface area (Å²) in [6.07, 6.45) is 0. The molecule has 6 nitrogen and oxygen atoms in total. The molecule has 4 aromatic rings. The second kappa shape index (κ2) is 8.01. The molecule has 3 heterocycles. The van der Waals surface area contributed by atoms with Crippen LogP contribution in [0.4, 0.5) is 0 Å². The number of piperazine rings is 1. The minimum absolute atomic E-state index is 0.0363. The molecule has 35 heavy (non-hydrogen) atoms. The van der Waals surface area contributed by atoms with Crippen LogP contribution in [0.15, 0.2) is 78.9 Å². The van der Waals surface area contributed by atoms with Gasteiger partial charge in [-0.3, -0.25) is 9.59 Å². The van der Waals surface area contributed by atoms with Gasteiger partial charge in [-0.1, -0.05) is 60.7 Å². The molecule has 0 radical (unpaired) electrons. The summed E-state index contributed by atoms with van der Waals surface area (Å²) in [7, 11) is 1.65. The second-order valence-electron chi connectivity index (χ2n) is 9.51. The maximum Gasteiger partial charge on any atom is 0.255 e. The van der Waals surface area contributed by atoms with Crippen LogP contribution in [0.5, 0.6) is 5.75 Å². The monoisotopic (exact) mass is 465 g/mol. The minimum atomic E-state index is -1.10. The lowest BCUT2D eigenvalue weighted by Crippen LogP contribution is -2.67. The number of amides is 2. The van der Waals surface area contributed by atoms with Crippen LogP contribution in [0.1, 0.15) is 35.2 Å². The Labute approximate surface area is 204 Å². The highest BCUT2D eigenvalue weighted by Gasteiger charge is 2.56. The molecule has 1 saturated heterocycles. The molecule has 176 valence electrons. The second-order valence-corrected chi connectivity index (χ2v) is 9.51. The van der Waals surface area contributed by atoms with Gasteiger partial charge in [-0.05, 0) is 41.8 Å². The van der Waals surface area contributed by atoms with Crippen molar-refractivity contribution in [2.45, 2.75) is 24.9 Å². The zero-order valence-electron chi connectivity index (χ0n) is 19.8. The van der Waals surface area contributed by atoms with Crippen LogP contribution in [-0.2, 0) is 21.7 Å². The van der Waals surface area contributed by atoms with Gasteiger partial charge in [0.25, 0.3) is 5.91 Å². The average Bonchev–Trinajstić information content (AvgIpc) is 3.29. The number of hydrogen-bond donors (Lipinski definition) is 1. The number of ether oxygens (including phenoxy) is 1. The number of hydrogen-bond acceptors (Lipinski definition) is 3. The van der Waals surface area contributed by atoms with Gasteiger partial charge in [0.15, 0.2) is 5.54 Å². The summed E-state index contributed by atoms with van der Waals surface area (Å²) < 4.78 is 5.35. The smallest absolute Gasteiger partial charge is 0.255 e. The first-order chi connectivity index (χ1) is 17.0. The molecule has 2 atom stereocenters. The van der Waals surface area contributed by atoms with Gasteiger partial charge < -0.3 is 19.5 Å². The Bertz CT molecular complexity index is 1430. The summed E-state index contributed by atoms with van der Waals surface area (Å²) >= 11 is 0. The quantitative estimate of drug-likeness (QED) is 0.486. The third kappa shape index (κ3) is 3.24. The zero-order valence-corrected chi connectivity index (χ0v) is 19.8. The SMILES string of the molecule is COc1ccc([C@H]2CN3C(=O)CN(Cc4ccccc4)C(=O)[C@]3(C)c3[nH]c4ccccc4c32)cc1. The number of fused-ring (bicyclic) bond motifs is 5. The first-order valence-corrected chi connectivity index (χ1v) is 11.9. The minimum Gasteiger partial charge on any atom is -0.497 e. The molecule has 3 aromatic carbocycles. The highest BCUT2D eigenvalue weighted by Crippen LogP contribution is 2.48. The van der Waals surface area contributed by atoms with E-state index in [4.69, 9.17) is 4.74 Å². The van der Waals surface area contributed by atoms with Crippen molar-refractivity contribution in [3.8, 4) is 5.75 Å². The number of H-pyrrole nitrogens is 1. The van der Waals surface area contributed by atoms with E-state index < -0.39 is 5.54 Å². The third-order valence-electron chi connectivity index (χ3n) is 7.55. The van der Waals surface area contributed by atoms with Crippen LogP contribution in [0.3, 0.4) is 0 Å². The molecule has 0 unspecified atom stereocenters. The van der Waals surface area contributed by atoms with Gasteiger partial charge >= 0.3 is 0 Å². The Balaban J connectivity index is 1.50. The van der Waals surface area contributed by atoms with Crippen molar-refractivity contribution in [1.82, 2.24) is 14.8 Å². The molecule has 1 N–H and O–H groups in total. The molecule has 6 rings (SSSR count). The lowest BCUT2D eigenvalue weighted by molar-refractivity contribution is -0.166. The van der Waals surface area contributed by atoms with Crippen LogP contribution in [0.2, 0.25) is 0 Å². The molecular formula is C29H27N3O3. The molecule has 2 aliphatic heterocycles. The summed E-state index contributed by atoms with van der Waals surface area (Å²) in [5, 5.41) is 1.09. The number of rotatable bonds is 4. The number of carbonyl (C=O) groups excluding carboxylic acids is 2. The fourth-order valence-corrected chi connectivity index (χ4v) is 5.74. The van der Waals surface area contributed by atoms with Crippen molar-refractivity contribution in [2.75, 3.05) is 20.2 Å². The molecule has 0 saturated carbocycles. The van der Waals surface area contributed by atoms with E-state index in [1.807, 2.05) is 67.6 Å². The topological polar surface area (TPSA) is 65.6 Å². The van der Waals surface area contributed by atoms with Crippen molar-refractivity contribution < 1.29 is 14.3 Å². The normalized spacial score (nSPS) is 21.7. The number of methoxy groups -OCH3 is 1. The molecular weight excluding hydrogens is 438 g/mol. The fraction of sp³-hybridized carbons (Fsp3) is 0.241. The van der Waals surface area contributed by atoms with Gasteiger partial charge in [-0.25, -0.2) is 0 Å². The van der Waals surface area contributed by atoms with Gasteiger partial charge in [0.1, 0.15) is 12.3 Å². The zero-order chi connectivity index (χ0) is 24.2. The van der Waals surface area contributed by atoms with Crippen molar-refractivity contribution in [3.63, 3.8) is 0 Å². The van der Waals surface area contributed by atoms with Gasteiger partial charge in [0.05, 0.1) is 12.8 Å². The van der Waals surface area contributed by atoms with E-state index in [1.54, 1.807) is 16.9 Å². The van der Waals surface area contributed by atoms with Crippen molar-refractivity contribution >= 4 is 22.7 Å². The Morgan fingerprint density at radius 3 is 2.43 bits per heavy atom. The fourth-order valence-electron chi connectivity index (χ4n) is 5.74. The predicted octanol–water partition coefficient (Wildman–Crippen LogP) is 4.41. The Kier molecular flexibility index (Phi) is 4.92. The summed E-state index contributed by atoms with van der Waals surface area (Å²) in [6, 6.07) is 26.0. The number of aromatic amines is 1. The first kappa shape index (κ1) is 21.5. The van der Waals surface area contributed by atoms with E-state index in [2.05, 4.69) is 23.2 Å². The van der Waals surface area contributed by atoms with E-state index in [9.17, 15) is 9.59 Å². The van der Waals surface area contributed by atoms with Crippen LogP contribution < -0.4 is 4.74 Å². The summed E-state index contributed by atoms with van der Waals surface area (Å²) in [5.41, 5.74) is 3.87. The van der Waals surface area contributed by atoms with E-state index in [0.29, 0.717) is 13.1 Å². The standard InChI is InChI=1S/C29H27N3O3/c1-29-27-26(22-10-6-7-11-24(22)30-27)23(20-12-14-21(35-2)15-13-20)17-32(29)25(33)18-31(28(29)34)16-19-8-4-3-5-9-19/h3-15,23,30H,16-18H2,1-2H3/t23-,29+/m1/s1. The summed E-state index contributed by atoms with van der Waals surface area (Å²) in [6.45, 7) is 2.82. The van der Waals surface area contributed by atoms with Crippen molar-refractivity contribution in [3.05, 3.63) is 101 Å². The van der Waals surface area contributed by atoms with Crippen LogP contribution in [0, 0.1) is 0 Å². The van der Waals surface area contributed by atoms with Gasteiger partial charge in [0.2, 0.25) is 5.91 Å². The maximum absolute atomic E-state index is 14.1. The highest BCUT2D eigenvalue weighted by molar-refractivity contribution is 6.01. The molecule has 2 amide bonds. The molecule has 6 heteroatoms. The van der Waals surface area contributed by atoms with E-state index >= 15 is 0 Å². The maximum atomic E-state index is 14.1. The number of benzene rings is 3. The Hall–Kier alpha value is -4.06. The van der Waals surface area contributed by atoms with Crippen molar-refractivity contribution in [1.29, 1.82) is 0 Å². The number of nitrogens with zero attached hydrogens (tertiary/aromatic N) is 2.